The molecular formula is C22H23N3O2. The second kappa shape index (κ2) is 6.91. The smallest absolute Gasteiger partial charge is 0.407 e. The number of carboxylic acid groups (broad SMARTS) is 1. The summed E-state index contributed by atoms with van der Waals surface area (Å²) in [5, 5.41) is 14.0. The Morgan fingerprint density at radius 2 is 1.70 bits per heavy atom. The van der Waals surface area contributed by atoms with Crippen LogP contribution in [0.2, 0.25) is 0 Å². The van der Waals surface area contributed by atoms with E-state index < -0.39 is 6.09 Å². The normalized spacial score (nSPS) is 19.4. The number of benzene rings is 2. The van der Waals surface area contributed by atoms with Crippen LogP contribution in [-0.2, 0) is 7.05 Å². The summed E-state index contributed by atoms with van der Waals surface area (Å²) < 4.78 is 1.90. The lowest BCUT2D eigenvalue weighted by Crippen LogP contribution is -2.26. The molecule has 2 unspecified atom stereocenters. The van der Waals surface area contributed by atoms with E-state index in [1.807, 2.05) is 29.9 Å². The highest BCUT2D eigenvalue weighted by Gasteiger charge is 2.35. The molecule has 1 N–H and O–H groups in total. The standard InChI is InChI=1S/C22H23N3O2/c1-15-13-25(22(26)27)14-19(15)20-12-21(24(2)23-20)18-10-6-9-17(11-18)16-7-4-3-5-8-16/h3-12,15,19H,13-14H2,1-2H3,(H,26,27). The molecule has 2 atom stereocenters. The van der Waals surface area contributed by atoms with E-state index in [4.69, 9.17) is 5.10 Å². The predicted octanol–water partition coefficient (Wildman–Crippen LogP) is 4.47. The first-order chi connectivity index (χ1) is 13.0. The Balaban J connectivity index is 1.66. The lowest BCUT2D eigenvalue weighted by molar-refractivity contribution is 0.154. The molecule has 138 valence electrons. The summed E-state index contributed by atoms with van der Waals surface area (Å²) in [5.74, 6) is 0.401. The van der Waals surface area contributed by atoms with Crippen molar-refractivity contribution in [2.45, 2.75) is 12.8 Å². The van der Waals surface area contributed by atoms with Crippen molar-refractivity contribution in [1.29, 1.82) is 0 Å². The molecule has 5 heteroatoms. The Kier molecular flexibility index (Phi) is 4.44. The van der Waals surface area contributed by atoms with Crippen molar-refractivity contribution in [2.75, 3.05) is 13.1 Å². The maximum absolute atomic E-state index is 11.3. The number of likely N-dealkylation sites (tertiary alicyclic amines) is 1. The van der Waals surface area contributed by atoms with Gasteiger partial charge in [0.05, 0.1) is 11.4 Å². The third-order valence-electron chi connectivity index (χ3n) is 5.43. The van der Waals surface area contributed by atoms with Crippen LogP contribution in [0.4, 0.5) is 4.79 Å². The molecule has 1 aliphatic heterocycles. The number of aryl methyl sites for hydroxylation is 1. The van der Waals surface area contributed by atoms with Gasteiger partial charge in [0.25, 0.3) is 0 Å². The number of rotatable bonds is 3. The van der Waals surface area contributed by atoms with E-state index in [1.165, 1.54) is 16.0 Å². The minimum absolute atomic E-state index is 0.137. The van der Waals surface area contributed by atoms with Gasteiger partial charge in [0, 0.05) is 31.6 Å². The van der Waals surface area contributed by atoms with E-state index in [2.05, 4.69) is 49.4 Å². The first-order valence-electron chi connectivity index (χ1n) is 9.20. The zero-order valence-electron chi connectivity index (χ0n) is 15.5. The first kappa shape index (κ1) is 17.3. The molecule has 2 heterocycles. The zero-order chi connectivity index (χ0) is 19.0. The highest BCUT2D eigenvalue weighted by atomic mass is 16.4. The molecule has 0 spiro atoms. The molecule has 0 radical (unpaired) electrons. The van der Waals surface area contributed by atoms with Gasteiger partial charge in [0.15, 0.2) is 0 Å². The summed E-state index contributed by atoms with van der Waals surface area (Å²) >= 11 is 0. The largest absolute Gasteiger partial charge is 0.465 e. The molecule has 1 amide bonds. The number of amides is 1. The molecule has 1 saturated heterocycles. The van der Waals surface area contributed by atoms with Gasteiger partial charge in [0.1, 0.15) is 0 Å². The topological polar surface area (TPSA) is 58.4 Å². The van der Waals surface area contributed by atoms with Crippen LogP contribution in [0.25, 0.3) is 22.4 Å². The Morgan fingerprint density at radius 1 is 1.00 bits per heavy atom. The average molecular weight is 361 g/mol. The molecule has 1 aromatic heterocycles. The predicted molar refractivity (Wildman–Crippen MR) is 106 cm³/mol. The molecule has 1 fully saturated rings. The van der Waals surface area contributed by atoms with Crippen LogP contribution in [0.5, 0.6) is 0 Å². The summed E-state index contributed by atoms with van der Waals surface area (Å²) in [6.45, 7) is 3.17. The molecular weight excluding hydrogens is 338 g/mol. The Morgan fingerprint density at radius 3 is 2.41 bits per heavy atom. The number of nitrogens with zero attached hydrogens (tertiary/aromatic N) is 3. The third kappa shape index (κ3) is 3.33. The number of carbonyl (C=O) groups is 1. The van der Waals surface area contributed by atoms with Crippen LogP contribution in [0.1, 0.15) is 18.5 Å². The van der Waals surface area contributed by atoms with Crippen LogP contribution < -0.4 is 0 Å². The highest BCUT2D eigenvalue weighted by Crippen LogP contribution is 2.34. The van der Waals surface area contributed by atoms with Gasteiger partial charge in [-0.2, -0.15) is 5.10 Å². The van der Waals surface area contributed by atoms with E-state index in [9.17, 15) is 9.90 Å². The quantitative estimate of drug-likeness (QED) is 0.749. The summed E-state index contributed by atoms with van der Waals surface area (Å²) in [6.07, 6.45) is -0.851. The maximum Gasteiger partial charge on any atom is 0.407 e. The van der Waals surface area contributed by atoms with E-state index >= 15 is 0 Å². The monoisotopic (exact) mass is 361 g/mol. The van der Waals surface area contributed by atoms with E-state index in [0.29, 0.717) is 13.1 Å². The van der Waals surface area contributed by atoms with Gasteiger partial charge in [-0.15, -0.1) is 0 Å². The van der Waals surface area contributed by atoms with E-state index in [0.717, 1.165) is 17.0 Å². The van der Waals surface area contributed by atoms with Gasteiger partial charge in [-0.05, 0) is 29.2 Å². The van der Waals surface area contributed by atoms with Gasteiger partial charge in [-0.25, -0.2) is 4.79 Å². The van der Waals surface area contributed by atoms with Gasteiger partial charge in [-0.3, -0.25) is 4.68 Å². The van der Waals surface area contributed by atoms with E-state index in [-0.39, 0.29) is 11.8 Å². The van der Waals surface area contributed by atoms with E-state index in [1.54, 1.807) is 0 Å². The van der Waals surface area contributed by atoms with Crippen molar-refractivity contribution in [2.24, 2.45) is 13.0 Å². The Bertz CT molecular complexity index is 965. The molecule has 0 bridgehead atoms. The van der Waals surface area contributed by atoms with Gasteiger partial charge in [0.2, 0.25) is 0 Å². The van der Waals surface area contributed by atoms with Crippen LogP contribution in [0.3, 0.4) is 0 Å². The van der Waals surface area contributed by atoms with Crippen molar-refractivity contribution < 1.29 is 9.90 Å². The fraction of sp³-hybridized carbons (Fsp3) is 0.273. The minimum atomic E-state index is -0.851. The zero-order valence-corrected chi connectivity index (χ0v) is 15.5. The molecule has 4 rings (SSSR count). The number of hydrogen-bond donors (Lipinski definition) is 1. The summed E-state index contributed by atoms with van der Waals surface area (Å²) in [7, 11) is 1.95. The van der Waals surface area contributed by atoms with Crippen molar-refractivity contribution in [3.05, 3.63) is 66.4 Å². The SMILES string of the molecule is CC1CN(C(=O)O)CC1c1cc(-c2cccc(-c3ccccc3)c2)n(C)n1. The lowest BCUT2D eigenvalue weighted by atomic mass is 9.94. The Labute approximate surface area is 158 Å². The second-order valence-electron chi connectivity index (χ2n) is 7.30. The molecule has 0 aliphatic carbocycles. The minimum Gasteiger partial charge on any atom is -0.465 e. The lowest BCUT2D eigenvalue weighted by Gasteiger charge is -2.10. The summed E-state index contributed by atoms with van der Waals surface area (Å²) in [5.41, 5.74) is 5.47. The maximum atomic E-state index is 11.3. The van der Waals surface area contributed by atoms with Crippen molar-refractivity contribution in [1.82, 2.24) is 14.7 Å². The molecule has 3 aromatic rings. The second-order valence-corrected chi connectivity index (χ2v) is 7.30. The molecule has 0 saturated carbocycles. The van der Waals surface area contributed by atoms with Crippen LogP contribution in [0, 0.1) is 5.92 Å². The van der Waals surface area contributed by atoms with Crippen molar-refractivity contribution in [3.8, 4) is 22.4 Å². The molecule has 1 aliphatic rings. The summed E-state index contributed by atoms with van der Waals surface area (Å²) in [6, 6.07) is 20.9. The fourth-order valence-corrected chi connectivity index (χ4v) is 3.94. The third-order valence-corrected chi connectivity index (χ3v) is 5.43. The van der Waals surface area contributed by atoms with Gasteiger partial charge < -0.3 is 10.0 Å². The fourth-order valence-electron chi connectivity index (χ4n) is 3.94. The number of aromatic nitrogens is 2. The van der Waals surface area contributed by atoms with Crippen LogP contribution in [-0.4, -0.2) is 39.0 Å². The molecule has 5 nitrogen and oxygen atoms in total. The highest BCUT2D eigenvalue weighted by molar-refractivity contribution is 5.72. The summed E-state index contributed by atoms with van der Waals surface area (Å²) in [4.78, 5) is 12.8. The molecule has 27 heavy (non-hydrogen) atoms. The van der Waals surface area contributed by atoms with Gasteiger partial charge >= 0.3 is 6.09 Å². The van der Waals surface area contributed by atoms with Crippen LogP contribution in [0.15, 0.2) is 60.7 Å². The van der Waals surface area contributed by atoms with Crippen molar-refractivity contribution in [3.63, 3.8) is 0 Å². The van der Waals surface area contributed by atoms with Crippen LogP contribution >= 0.6 is 0 Å². The molecule has 2 aromatic carbocycles. The Hall–Kier alpha value is -3.08. The van der Waals surface area contributed by atoms with Gasteiger partial charge in [-0.1, -0.05) is 55.5 Å². The first-order valence-corrected chi connectivity index (χ1v) is 9.20. The average Bonchev–Trinajstić information content (AvgIpc) is 3.25. The number of hydrogen-bond acceptors (Lipinski definition) is 2. The van der Waals surface area contributed by atoms with Crippen molar-refractivity contribution >= 4 is 6.09 Å².